The number of ether oxygens (including phenoxy) is 1. The molecular weight excluding hydrogens is 312 g/mol. The van der Waals surface area contributed by atoms with E-state index in [4.69, 9.17) is 4.74 Å². The first-order valence-electron chi connectivity index (χ1n) is 10.0. The van der Waals surface area contributed by atoms with Crippen molar-refractivity contribution in [1.29, 1.82) is 0 Å². The van der Waals surface area contributed by atoms with Gasteiger partial charge in [-0.2, -0.15) is 0 Å². The molecule has 2 atom stereocenters. The van der Waals surface area contributed by atoms with Crippen LogP contribution in [0.15, 0.2) is 18.2 Å². The molecule has 3 aliphatic rings. The zero-order chi connectivity index (χ0) is 17.2. The lowest BCUT2D eigenvalue weighted by Crippen LogP contribution is -2.45. The Hall–Kier alpha value is -1.55. The van der Waals surface area contributed by atoms with Crippen LogP contribution in [0.3, 0.4) is 0 Å². The molecule has 0 bridgehead atoms. The zero-order valence-electron chi connectivity index (χ0n) is 15.4. The normalized spacial score (nSPS) is 26.5. The number of piperidine rings is 1. The van der Waals surface area contributed by atoms with E-state index in [1.807, 2.05) is 12.1 Å². The molecule has 3 aliphatic heterocycles. The summed E-state index contributed by atoms with van der Waals surface area (Å²) in [6, 6.07) is 6.40. The van der Waals surface area contributed by atoms with Gasteiger partial charge in [-0.05, 0) is 82.3 Å². The van der Waals surface area contributed by atoms with Gasteiger partial charge in [-0.1, -0.05) is 0 Å². The summed E-state index contributed by atoms with van der Waals surface area (Å²) in [4.78, 5) is 17.9. The van der Waals surface area contributed by atoms with Crippen molar-refractivity contribution in [2.75, 3.05) is 26.2 Å². The smallest absolute Gasteiger partial charge is 0.254 e. The fourth-order valence-corrected chi connectivity index (χ4v) is 4.63. The van der Waals surface area contributed by atoms with Gasteiger partial charge in [0.1, 0.15) is 11.9 Å². The number of hydrogen-bond donors (Lipinski definition) is 0. The highest BCUT2D eigenvalue weighted by Gasteiger charge is 2.29. The maximum Gasteiger partial charge on any atom is 0.254 e. The van der Waals surface area contributed by atoms with E-state index in [2.05, 4.69) is 22.8 Å². The van der Waals surface area contributed by atoms with E-state index < -0.39 is 0 Å². The molecule has 4 nitrogen and oxygen atoms in total. The number of rotatable bonds is 4. The summed E-state index contributed by atoms with van der Waals surface area (Å²) in [5.41, 5.74) is 2.02. The Morgan fingerprint density at radius 3 is 2.80 bits per heavy atom. The molecule has 0 saturated carbocycles. The lowest BCUT2D eigenvalue weighted by Gasteiger charge is -2.36. The molecule has 0 unspecified atom stereocenters. The van der Waals surface area contributed by atoms with E-state index in [0.717, 1.165) is 50.1 Å². The van der Waals surface area contributed by atoms with Crippen molar-refractivity contribution in [2.24, 2.45) is 0 Å². The summed E-state index contributed by atoms with van der Waals surface area (Å²) in [7, 11) is 0. The molecule has 2 saturated heterocycles. The van der Waals surface area contributed by atoms with Gasteiger partial charge in [-0.25, -0.2) is 0 Å². The van der Waals surface area contributed by atoms with Crippen molar-refractivity contribution < 1.29 is 9.53 Å². The Morgan fingerprint density at radius 1 is 1.16 bits per heavy atom. The Balaban J connectivity index is 1.44. The number of carbonyl (C=O) groups is 1. The van der Waals surface area contributed by atoms with Gasteiger partial charge >= 0.3 is 0 Å². The summed E-state index contributed by atoms with van der Waals surface area (Å²) < 4.78 is 5.77. The number of benzene rings is 1. The van der Waals surface area contributed by atoms with Gasteiger partial charge in [-0.15, -0.1) is 0 Å². The predicted molar refractivity (Wildman–Crippen MR) is 99.2 cm³/mol. The van der Waals surface area contributed by atoms with Crippen LogP contribution in [0.1, 0.15) is 61.4 Å². The summed E-state index contributed by atoms with van der Waals surface area (Å²) in [6.07, 6.45) is 8.48. The summed E-state index contributed by atoms with van der Waals surface area (Å²) >= 11 is 0. The number of carbonyl (C=O) groups excluding carboxylic acids is 1. The number of nitrogens with zero attached hydrogens (tertiary/aromatic N) is 2. The topological polar surface area (TPSA) is 32.8 Å². The molecule has 0 aliphatic carbocycles. The molecule has 0 aromatic heterocycles. The zero-order valence-corrected chi connectivity index (χ0v) is 15.4. The van der Waals surface area contributed by atoms with E-state index in [0.29, 0.717) is 6.04 Å². The Bertz CT molecular complexity index is 624. The third kappa shape index (κ3) is 3.69. The van der Waals surface area contributed by atoms with E-state index in [-0.39, 0.29) is 12.0 Å². The van der Waals surface area contributed by atoms with E-state index >= 15 is 0 Å². The Labute approximate surface area is 151 Å². The van der Waals surface area contributed by atoms with Gasteiger partial charge in [0.25, 0.3) is 5.91 Å². The largest absolute Gasteiger partial charge is 0.490 e. The first-order chi connectivity index (χ1) is 12.2. The molecule has 4 rings (SSSR count). The molecule has 0 N–H and O–H groups in total. The van der Waals surface area contributed by atoms with Crippen LogP contribution in [0, 0.1) is 0 Å². The fourth-order valence-electron chi connectivity index (χ4n) is 4.63. The van der Waals surface area contributed by atoms with Crippen LogP contribution in [0.4, 0.5) is 0 Å². The number of hydrogen-bond acceptors (Lipinski definition) is 3. The lowest BCUT2D eigenvalue weighted by atomic mass is 9.97. The quantitative estimate of drug-likeness (QED) is 0.840. The van der Waals surface area contributed by atoms with Crippen LogP contribution < -0.4 is 4.74 Å². The van der Waals surface area contributed by atoms with Crippen LogP contribution in [-0.2, 0) is 6.42 Å². The molecule has 1 aromatic carbocycles. The van der Waals surface area contributed by atoms with Gasteiger partial charge in [-0.3, -0.25) is 4.79 Å². The summed E-state index contributed by atoms with van der Waals surface area (Å²) in [6.45, 7) is 6.62. The van der Waals surface area contributed by atoms with E-state index in [1.165, 1.54) is 37.9 Å². The molecule has 4 heteroatoms. The average Bonchev–Trinajstić information content (AvgIpc) is 3.27. The maximum absolute atomic E-state index is 13.2. The van der Waals surface area contributed by atoms with Crippen molar-refractivity contribution >= 4 is 5.91 Å². The highest BCUT2D eigenvalue weighted by molar-refractivity contribution is 5.95. The number of amides is 1. The maximum atomic E-state index is 13.2. The highest BCUT2D eigenvalue weighted by Crippen LogP contribution is 2.31. The van der Waals surface area contributed by atoms with Gasteiger partial charge in [0.2, 0.25) is 0 Å². The van der Waals surface area contributed by atoms with Crippen molar-refractivity contribution in [3.8, 4) is 5.75 Å². The van der Waals surface area contributed by atoms with Crippen molar-refractivity contribution in [2.45, 2.75) is 64.0 Å². The minimum atomic E-state index is 0.216. The number of fused-ring (bicyclic) bond motifs is 1. The lowest BCUT2D eigenvalue weighted by molar-refractivity contribution is 0.0588. The molecule has 0 spiro atoms. The second kappa shape index (κ2) is 7.36. The van der Waals surface area contributed by atoms with Gasteiger partial charge in [0.05, 0.1) is 0 Å². The Morgan fingerprint density at radius 2 is 1.96 bits per heavy atom. The number of likely N-dealkylation sites (tertiary alicyclic amines) is 2. The molecule has 1 amide bonds. The molecule has 25 heavy (non-hydrogen) atoms. The molecule has 136 valence electrons. The van der Waals surface area contributed by atoms with Crippen LogP contribution in [0.2, 0.25) is 0 Å². The van der Waals surface area contributed by atoms with Crippen molar-refractivity contribution in [1.82, 2.24) is 9.80 Å². The minimum Gasteiger partial charge on any atom is -0.490 e. The van der Waals surface area contributed by atoms with E-state index in [9.17, 15) is 4.79 Å². The Kier molecular flexibility index (Phi) is 4.98. The van der Waals surface area contributed by atoms with Crippen LogP contribution in [-0.4, -0.2) is 54.0 Å². The molecule has 1 aromatic rings. The van der Waals surface area contributed by atoms with Crippen LogP contribution in [0.25, 0.3) is 0 Å². The standard InChI is InChI=1S/C21H30N2O2/c1-16-14-18-15-17(7-8-20(18)25-16)21(24)23-12-3-2-6-19(23)9-13-22-10-4-5-11-22/h7-8,15-16,19H,2-6,9-14H2,1H3/t16-,19+/m0/s1. The SMILES string of the molecule is C[C@H]1Cc2cc(C(=O)N3CCCC[C@@H]3CCN3CCCC3)ccc2O1. The highest BCUT2D eigenvalue weighted by atomic mass is 16.5. The average molecular weight is 342 g/mol. The van der Waals surface area contributed by atoms with Crippen molar-refractivity contribution in [3.05, 3.63) is 29.3 Å². The van der Waals surface area contributed by atoms with Crippen molar-refractivity contribution in [3.63, 3.8) is 0 Å². The predicted octanol–water partition coefficient (Wildman–Crippen LogP) is 3.49. The second-order valence-corrected chi connectivity index (χ2v) is 7.94. The second-order valence-electron chi connectivity index (χ2n) is 7.94. The fraction of sp³-hybridized carbons (Fsp3) is 0.667. The summed E-state index contributed by atoms with van der Waals surface area (Å²) in [5, 5.41) is 0. The third-order valence-corrected chi connectivity index (χ3v) is 6.01. The first-order valence-corrected chi connectivity index (χ1v) is 10.0. The molecule has 2 fully saturated rings. The van der Waals surface area contributed by atoms with Gasteiger partial charge in [0, 0.05) is 31.1 Å². The van der Waals surface area contributed by atoms with Crippen LogP contribution in [0.5, 0.6) is 5.75 Å². The van der Waals surface area contributed by atoms with Gasteiger partial charge in [0.15, 0.2) is 0 Å². The first kappa shape index (κ1) is 16.9. The van der Waals surface area contributed by atoms with Gasteiger partial charge < -0.3 is 14.5 Å². The molecular formula is C21H30N2O2. The monoisotopic (exact) mass is 342 g/mol. The third-order valence-electron chi connectivity index (χ3n) is 6.01. The molecule has 0 radical (unpaired) electrons. The molecule has 3 heterocycles. The summed E-state index contributed by atoms with van der Waals surface area (Å²) in [5.74, 6) is 1.17. The minimum absolute atomic E-state index is 0.216. The van der Waals surface area contributed by atoms with E-state index in [1.54, 1.807) is 0 Å². The van der Waals surface area contributed by atoms with Crippen LogP contribution >= 0.6 is 0 Å².